The third kappa shape index (κ3) is 4.40. The predicted octanol–water partition coefficient (Wildman–Crippen LogP) is 3.97. The van der Waals surface area contributed by atoms with Gasteiger partial charge in [0.05, 0.1) is 10.9 Å². The molecule has 3 aromatic rings. The molecule has 1 atom stereocenters. The second kappa shape index (κ2) is 8.17. The summed E-state index contributed by atoms with van der Waals surface area (Å²) >= 11 is 2.81. The first-order valence-corrected chi connectivity index (χ1v) is 9.62. The summed E-state index contributed by atoms with van der Waals surface area (Å²) in [4.78, 5) is 17.4. The lowest BCUT2D eigenvalue weighted by Crippen LogP contribution is -2.22. The summed E-state index contributed by atoms with van der Waals surface area (Å²) in [6.07, 6.45) is 5.29. The maximum Gasteiger partial charge on any atom is 0.277 e. The fourth-order valence-electron chi connectivity index (χ4n) is 2.06. The topological polar surface area (TPSA) is 80.9 Å². The van der Waals surface area contributed by atoms with Gasteiger partial charge in [-0.15, -0.1) is 22.0 Å². The van der Waals surface area contributed by atoms with E-state index in [4.69, 9.17) is 4.42 Å². The summed E-state index contributed by atoms with van der Waals surface area (Å²) in [6.45, 7) is 1.80. The highest BCUT2D eigenvalue weighted by molar-refractivity contribution is 8.00. The monoisotopic (exact) mass is 372 g/mol. The molecule has 0 radical (unpaired) electrons. The van der Waals surface area contributed by atoms with Crippen LogP contribution in [-0.4, -0.2) is 32.6 Å². The first kappa shape index (κ1) is 17.5. The minimum Gasteiger partial charge on any atom is -0.411 e. The van der Waals surface area contributed by atoms with Crippen molar-refractivity contribution in [3.05, 3.63) is 48.8 Å². The van der Waals surface area contributed by atoms with Gasteiger partial charge in [-0.2, -0.15) is 0 Å². The van der Waals surface area contributed by atoms with E-state index in [9.17, 15) is 4.79 Å². The highest BCUT2D eigenvalue weighted by atomic mass is 32.2. The van der Waals surface area contributed by atoms with Gasteiger partial charge in [0.2, 0.25) is 11.8 Å². The van der Waals surface area contributed by atoms with Crippen molar-refractivity contribution in [2.24, 2.45) is 0 Å². The van der Waals surface area contributed by atoms with Crippen molar-refractivity contribution in [1.29, 1.82) is 0 Å². The van der Waals surface area contributed by atoms with Crippen molar-refractivity contribution >= 4 is 35.1 Å². The minimum absolute atomic E-state index is 0.116. The number of nitrogens with one attached hydrogen (secondary N) is 1. The summed E-state index contributed by atoms with van der Waals surface area (Å²) in [5.74, 6) is 0.292. The molecule has 0 fully saturated rings. The second-order valence-electron chi connectivity index (χ2n) is 5.06. The van der Waals surface area contributed by atoms with Crippen LogP contribution in [0.2, 0.25) is 0 Å². The molecule has 0 bridgehead atoms. The van der Waals surface area contributed by atoms with E-state index in [1.165, 1.54) is 11.8 Å². The molecule has 128 valence electrons. The molecule has 2 aromatic heterocycles. The second-order valence-corrected chi connectivity index (χ2v) is 7.20. The van der Waals surface area contributed by atoms with Crippen LogP contribution in [0.3, 0.4) is 0 Å². The van der Waals surface area contributed by atoms with Gasteiger partial charge in [-0.25, -0.2) is 0 Å². The number of rotatable bonds is 6. The number of hydrogen-bond acceptors (Lipinski definition) is 7. The summed E-state index contributed by atoms with van der Waals surface area (Å²) < 4.78 is 5.61. The van der Waals surface area contributed by atoms with E-state index in [0.717, 1.165) is 16.1 Å². The maximum atomic E-state index is 12.4. The zero-order valence-electron chi connectivity index (χ0n) is 13.7. The zero-order chi connectivity index (χ0) is 17.6. The first-order valence-electron chi connectivity index (χ1n) is 7.52. The largest absolute Gasteiger partial charge is 0.411 e. The van der Waals surface area contributed by atoms with E-state index in [0.29, 0.717) is 11.1 Å². The predicted molar refractivity (Wildman–Crippen MR) is 99.7 cm³/mol. The Hall–Kier alpha value is -2.32. The van der Waals surface area contributed by atoms with E-state index in [-0.39, 0.29) is 11.2 Å². The van der Waals surface area contributed by atoms with Crippen LogP contribution in [0.4, 0.5) is 5.69 Å². The van der Waals surface area contributed by atoms with Crippen LogP contribution in [0.15, 0.2) is 63.3 Å². The Kier molecular flexibility index (Phi) is 5.72. The van der Waals surface area contributed by atoms with Gasteiger partial charge in [0.15, 0.2) is 0 Å². The number of benzene rings is 1. The third-order valence-electron chi connectivity index (χ3n) is 3.35. The van der Waals surface area contributed by atoms with Crippen molar-refractivity contribution in [2.45, 2.75) is 22.3 Å². The number of para-hydroxylation sites is 1. The molecular weight excluding hydrogens is 356 g/mol. The van der Waals surface area contributed by atoms with E-state index in [1.807, 2.05) is 30.5 Å². The van der Waals surface area contributed by atoms with Crippen LogP contribution in [0, 0.1) is 0 Å². The normalized spacial score (nSPS) is 11.9. The summed E-state index contributed by atoms with van der Waals surface area (Å²) in [6, 6.07) is 11.3. The molecule has 0 aliphatic heterocycles. The van der Waals surface area contributed by atoms with Crippen molar-refractivity contribution in [2.75, 3.05) is 11.6 Å². The van der Waals surface area contributed by atoms with E-state index in [2.05, 4.69) is 20.5 Å². The Morgan fingerprint density at radius 3 is 2.68 bits per heavy atom. The van der Waals surface area contributed by atoms with Gasteiger partial charge in [-0.1, -0.05) is 23.9 Å². The van der Waals surface area contributed by atoms with Gasteiger partial charge < -0.3 is 9.73 Å². The molecule has 25 heavy (non-hydrogen) atoms. The smallest absolute Gasteiger partial charge is 0.277 e. The van der Waals surface area contributed by atoms with Gasteiger partial charge >= 0.3 is 0 Å². The van der Waals surface area contributed by atoms with Gasteiger partial charge in [0.1, 0.15) is 0 Å². The van der Waals surface area contributed by atoms with Crippen LogP contribution < -0.4 is 5.32 Å². The number of carbonyl (C=O) groups excluding carboxylic acids is 1. The average Bonchev–Trinajstić information content (AvgIpc) is 3.11. The van der Waals surface area contributed by atoms with Crippen molar-refractivity contribution < 1.29 is 9.21 Å². The molecule has 1 N–H and O–H groups in total. The van der Waals surface area contributed by atoms with Gasteiger partial charge in [-0.05, 0) is 37.4 Å². The Morgan fingerprint density at radius 2 is 1.92 bits per heavy atom. The molecule has 2 heterocycles. The van der Waals surface area contributed by atoms with E-state index in [1.54, 1.807) is 43.2 Å². The number of carbonyl (C=O) groups is 1. The standard InChI is InChI=1S/C17H16N4O2S2/c1-11(15(22)19-13-5-3-4-6-14(13)24-2)25-17-21-20-16(23-17)12-7-9-18-10-8-12/h3-11H,1-2H3,(H,19,22). The number of thioether (sulfide) groups is 2. The van der Waals surface area contributed by atoms with E-state index >= 15 is 0 Å². The summed E-state index contributed by atoms with van der Waals surface area (Å²) in [5, 5.41) is 10.9. The fraction of sp³-hybridized carbons (Fsp3) is 0.176. The molecular formula is C17H16N4O2S2. The third-order valence-corrected chi connectivity index (χ3v) is 5.08. The highest BCUT2D eigenvalue weighted by Crippen LogP contribution is 2.28. The maximum absolute atomic E-state index is 12.4. The summed E-state index contributed by atoms with van der Waals surface area (Å²) in [5.41, 5.74) is 1.59. The number of aromatic nitrogens is 3. The molecule has 0 spiro atoms. The lowest BCUT2D eigenvalue weighted by atomic mass is 10.3. The molecule has 0 saturated carbocycles. The van der Waals surface area contributed by atoms with Gasteiger partial charge in [-0.3, -0.25) is 9.78 Å². The van der Waals surface area contributed by atoms with Crippen molar-refractivity contribution in [3.63, 3.8) is 0 Å². The molecule has 1 aromatic carbocycles. The number of hydrogen-bond donors (Lipinski definition) is 1. The minimum atomic E-state index is -0.374. The fourth-order valence-corrected chi connectivity index (χ4v) is 3.29. The van der Waals surface area contributed by atoms with Crippen molar-refractivity contribution in [3.8, 4) is 11.5 Å². The molecule has 0 saturated heterocycles. The summed E-state index contributed by atoms with van der Waals surface area (Å²) in [7, 11) is 0. The molecule has 3 rings (SSSR count). The number of nitrogens with zero attached hydrogens (tertiary/aromatic N) is 3. The number of amides is 1. The Balaban J connectivity index is 1.65. The molecule has 1 unspecified atom stereocenters. The zero-order valence-corrected chi connectivity index (χ0v) is 15.3. The van der Waals surface area contributed by atoms with Crippen molar-refractivity contribution in [1.82, 2.24) is 15.2 Å². The molecule has 1 amide bonds. The van der Waals surface area contributed by atoms with Crippen LogP contribution >= 0.6 is 23.5 Å². The first-order chi connectivity index (χ1) is 12.2. The molecule has 0 aliphatic rings. The highest BCUT2D eigenvalue weighted by Gasteiger charge is 2.19. The Labute approximate surface area is 153 Å². The quantitative estimate of drug-likeness (QED) is 0.656. The molecule has 0 aliphatic carbocycles. The van der Waals surface area contributed by atoms with Crippen LogP contribution in [0.1, 0.15) is 6.92 Å². The van der Waals surface area contributed by atoms with Gasteiger partial charge in [0.25, 0.3) is 5.22 Å². The number of pyridine rings is 1. The van der Waals surface area contributed by atoms with Gasteiger partial charge in [0, 0.05) is 22.9 Å². The van der Waals surface area contributed by atoms with Crippen LogP contribution in [0.5, 0.6) is 0 Å². The average molecular weight is 372 g/mol. The molecule has 6 nitrogen and oxygen atoms in total. The SMILES string of the molecule is CSc1ccccc1NC(=O)C(C)Sc1nnc(-c2ccncc2)o1. The lowest BCUT2D eigenvalue weighted by molar-refractivity contribution is -0.115. The Morgan fingerprint density at radius 1 is 1.16 bits per heavy atom. The lowest BCUT2D eigenvalue weighted by Gasteiger charge is -2.12. The molecule has 8 heteroatoms. The van der Waals surface area contributed by atoms with E-state index < -0.39 is 0 Å². The van der Waals surface area contributed by atoms with Crippen LogP contribution in [-0.2, 0) is 4.79 Å². The number of anilines is 1. The Bertz CT molecular complexity index is 855. The van der Waals surface area contributed by atoms with Crippen LogP contribution in [0.25, 0.3) is 11.5 Å².